The molecular weight excluding hydrogens is 309 g/mol. The Morgan fingerprint density at radius 3 is 2.68 bits per heavy atom. The van der Waals surface area contributed by atoms with E-state index in [9.17, 15) is 12.8 Å². The second kappa shape index (κ2) is 6.53. The summed E-state index contributed by atoms with van der Waals surface area (Å²) in [6.45, 7) is 4.05. The molecule has 0 aliphatic heterocycles. The molecule has 1 aromatic heterocycles. The third-order valence-corrected chi connectivity index (χ3v) is 4.45. The summed E-state index contributed by atoms with van der Waals surface area (Å²) in [4.78, 5) is 0. The van der Waals surface area contributed by atoms with Crippen LogP contribution in [0.2, 0.25) is 0 Å². The first kappa shape index (κ1) is 16.6. The molecule has 0 unspecified atom stereocenters. The average Bonchev–Trinajstić information content (AvgIpc) is 2.87. The van der Waals surface area contributed by atoms with Crippen LogP contribution in [0.15, 0.2) is 33.9 Å². The van der Waals surface area contributed by atoms with E-state index in [0.717, 1.165) is 6.07 Å². The van der Waals surface area contributed by atoms with Gasteiger partial charge < -0.3 is 10.2 Å². The predicted octanol–water partition coefficient (Wildman–Crippen LogP) is 1.51. The fourth-order valence-electron chi connectivity index (χ4n) is 2.09. The Kier molecular flexibility index (Phi) is 4.92. The van der Waals surface area contributed by atoms with Crippen molar-refractivity contribution >= 4 is 9.84 Å². The summed E-state index contributed by atoms with van der Waals surface area (Å²) in [6.07, 6.45) is 0.714. The molecule has 0 saturated heterocycles. The molecule has 1 heterocycles. The van der Waals surface area contributed by atoms with Gasteiger partial charge in [0.25, 0.3) is 5.89 Å². The van der Waals surface area contributed by atoms with Crippen LogP contribution < -0.4 is 5.73 Å². The van der Waals surface area contributed by atoms with Crippen LogP contribution in [0.5, 0.6) is 0 Å². The Morgan fingerprint density at radius 2 is 2.05 bits per heavy atom. The molecule has 0 aliphatic rings. The van der Waals surface area contributed by atoms with Gasteiger partial charge in [0.15, 0.2) is 6.04 Å². The highest BCUT2D eigenvalue weighted by Crippen LogP contribution is 2.20. The average molecular weight is 328 g/mol. The molecule has 0 amide bonds. The minimum absolute atomic E-state index is 0.200. The van der Waals surface area contributed by atoms with Gasteiger partial charge in [-0.25, -0.2) is 12.8 Å². The van der Waals surface area contributed by atoms with Crippen molar-refractivity contribution in [2.75, 3.05) is 0 Å². The summed E-state index contributed by atoms with van der Waals surface area (Å²) in [5, 5.41) is 6.90. The second-order valence-electron chi connectivity index (χ2n) is 5.62. The van der Waals surface area contributed by atoms with Gasteiger partial charge in [0.05, 0.1) is 5.75 Å². The van der Waals surface area contributed by atoms with Gasteiger partial charge in [-0.05, 0) is 23.6 Å². The lowest BCUT2D eigenvalue weighted by molar-refractivity contribution is -0.435. The number of aromatic nitrogens is 2. The minimum Gasteiger partial charge on any atom is -0.406 e. The third kappa shape index (κ3) is 4.11. The van der Waals surface area contributed by atoms with E-state index in [2.05, 4.69) is 15.9 Å². The quantitative estimate of drug-likeness (QED) is 0.866. The van der Waals surface area contributed by atoms with Crippen LogP contribution in [0.4, 0.5) is 4.39 Å². The maximum Gasteiger partial charge on any atom is 0.336 e. The lowest BCUT2D eigenvalue weighted by atomic mass is 10.1. The maximum absolute atomic E-state index is 13.1. The normalized spacial score (nSPS) is 13.5. The molecule has 3 N–H and O–H groups in total. The van der Waals surface area contributed by atoms with Gasteiger partial charge in [-0.1, -0.05) is 31.1 Å². The van der Waals surface area contributed by atoms with Crippen LogP contribution in [0.25, 0.3) is 0 Å². The van der Waals surface area contributed by atoms with E-state index in [1.54, 1.807) is 0 Å². The highest BCUT2D eigenvalue weighted by atomic mass is 32.2. The topological polar surface area (TPSA) is 101 Å². The second-order valence-corrected chi connectivity index (χ2v) is 7.49. The number of nitrogens with zero attached hydrogens (tertiary/aromatic N) is 2. The van der Waals surface area contributed by atoms with Crippen molar-refractivity contribution in [3.63, 3.8) is 0 Å². The zero-order chi connectivity index (χ0) is 16.3. The van der Waals surface area contributed by atoms with Crippen molar-refractivity contribution in [1.29, 1.82) is 0 Å². The van der Waals surface area contributed by atoms with Crippen molar-refractivity contribution < 1.29 is 23.0 Å². The number of hydrogen-bond acceptors (Lipinski definition) is 5. The summed E-state index contributed by atoms with van der Waals surface area (Å²) in [5.41, 5.74) is 4.23. The molecule has 0 fully saturated rings. The Bertz CT molecular complexity index is 743. The standard InChI is InChI=1S/C14H18FN3O3S/c1-9(2)6-12(16)13-17-18-14(21-13)22(19,20)8-10-4-3-5-11(15)7-10/h3-5,7,9,12H,6,8,16H2,1-2H3/p+1/t12-/m0/s1. The number of sulfone groups is 1. The Balaban J connectivity index is 2.18. The first-order chi connectivity index (χ1) is 10.3. The summed E-state index contributed by atoms with van der Waals surface area (Å²) >= 11 is 0. The fraction of sp³-hybridized carbons (Fsp3) is 0.429. The first-order valence-corrected chi connectivity index (χ1v) is 8.57. The van der Waals surface area contributed by atoms with Crippen molar-refractivity contribution in [2.45, 2.75) is 37.3 Å². The number of hydrogen-bond donors (Lipinski definition) is 1. The fourth-order valence-corrected chi connectivity index (χ4v) is 3.21. The monoisotopic (exact) mass is 328 g/mol. The molecule has 120 valence electrons. The molecule has 0 bridgehead atoms. The molecule has 2 aromatic rings. The van der Waals surface area contributed by atoms with Crippen molar-refractivity contribution in [3.8, 4) is 0 Å². The minimum atomic E-state index is -3.81. The van der Waals surface area contributed by atoms with Crippen molar-refractivity contribution in [1.82, 2.24) is 10.2 Å². The first-order valence-electron chi connectivity index (χ1n) is 6.91. The number of rotatable bonds is 6. The van der Waals surface area contributed by atoms with Crippen LogP contribution in [-0.4, -0.2) is 18.6 Å². The van der Waals surface area contributed by atoms with Crippen LogP contribution in [-0.2, 0) is 15.6 Å². The van der Waals surface area contributed by atoms with E-state index in [4.69, 9.17) is 4.42 Å². The van der Waals surface area contributed by atoms with E-state index in [1.807, 2.05) is 13.8 Å². The lowest BCUT2D eigenvalue weighted by Crippen LogP contribution is -2.54. The molecule has 6 nitrogen and oxygen atoms in total. The number of quaternary nitrogens is 1. The van der Waals surface area contributed by atoms with Gasteiger partial charge in [-0.3, -0.25) is 0 Å². The van der Waals surface area contributed by atoms with E-state index >= 15 is 0 Å². The number of benzene rings is 1. The predicted molar refractivity (Wildman–Crippen MR) is 76.7 cm³/mol. The molecule has 0 saturated carbocycles. The van der Waals surface area contributed by atoms with Crippen LogP contribution in [0, 0.1) is 11.7 Å². The molecule has 0 radical (unpaired) electrons. The molecular formula is C14H19FN3O3S+. The van der Waals surface area contributed by atoms with Crippen LogP contribution >= 0.6 is 0 Å². The Hall–Kier alpha value is -1.80. The zero-order valence-corrected chi connectivity index (χ0v) is 13.3. The molecule has 22 heavy (non-hydrogen) atoms. The van der Waals surface area contributed by atoms with E-state index < -0.39 is 26.6 Å². The SMILES string of the molecule is CC(C)C[C@H]([NH3+])c1nnc(S(=O)(=O)Cc2cccc(F)c2)o1. The smallest absolute Gasteiger partial charge is 0.336 e. The van der Waals surface area contributed by atoms with Crippen LogP contribution in [0.3, 0.4) is 0 Å². The Labute approximate surface area is 128 Å². The molecule has 1 aromatic carbocycles. The zero-order valence-electron chi connectivity index (χ0n) is 12.5. The molecule has 8 heteroatoms. The molecule has 2 rings (SSSR count). The summed E-state index contributed by atoms with van der Waals surface area (Å²) in [7, 11) is -3.81. The number of halogens is 1. The van der Waals surface area contributed by atoms with Crippen molar-refractivity contribution in [3.05, 3.63) is 41.5 Å². The highest BCUT2D eigenvalue weighted by Gasteiger charge is 2.26. The van der Waals surface area contributed by atoms with Crippen molar-refractivity contribution in [2.24, 2.45) is 5.92 Å². The highest BCUT2D eigenvalue weighted by molar-refractivity contribution is 7.90. The summed E-state index contributed by atoms with van der Waals surface area (Å²) in [6, 6.07) is 5.14. The third-order valence-electron chi connectivity index (χ3n) is 3.04. The Morgan fingerprint density at radius 1 is 1.32 bits per heavy atom. The van der Waals surface area contributed by atoms with Gasteiger partial charge in [0.1, 0.15) is 5.82 Å². The van der Waals surface area contributed by atoms with Gasteiger partial charge in [-0.2, -0.15) is 0 Å². The molecule has 0 spiro atoms. The van der Waals surface area contributed by atoms with E-state index in [0.29, 0.717) is 17.9 Å². The van der Waals surface area contributed by atoms with Gasteiger partial charge in [0.2, 0.25) is 9.84 Å². The lowest BCUT2D eigenvalue weighted by Gasteiger charge is -2.06. The van der Waals surface area contributed by atoms with E-state index in [-0.39, 0.29) is 11.9 Å². The van der Waals surface area contributed by atoms with E-state index in [1.165, 1.54) is 18.2 Å². The van der Waals surface area contributed by atoms with Crippen LogP contribution in [0.1, 0.15) is 37.8 Å². The largest absolute Gasteiger partial charge is 0.406 e. The molecule has 0 aliphatic carbocycles. The maximum atomic E-state index is 13.1. The van der Waals surface area contributed by atoms with Gasteiger partial charge >= 0.3 is 5.22 Å². The van der Waals surface area contributed by atoms with Gasteiger partial charge in [-0.15, -0.1) is 5.10 Å². The molecule has 1 atom stereocenters. The summed E-state index contributed by atoms with van der Waals surface area (Å²) in [5.74, 6) is -0.305. The summed E-state index contributed by atoms with van der Waals surface area (Å²) < 4.78 is 42.8. The van der Waals surface area contributed by atoms with Gasteiger partial charge in [0, 0.05) is 6.42 Å².